The molecule has 3 N–H and O–H groups in total. The molecule has 9 heteroatoms. The van der Waals surface area contributed by atoms with Gasteiger partial charge < -0.3 is 15.8 Å². The van der Waals surface area contributed by atoms with Gasteiger partial charge in [0, 0.05) is 44.3 Å². The lowest BCUT2D eigenvalue weighted by atomic mass is 10.3. The third-order valence-corrected chi connectivity index (χ3v) is 7.21. The van der Waals surface area contributed by atoms with Gasteiger partial charge in [0.2, 0.25) is 0 Å². The van der Waals surface area contributed by atoms with Crippen molar-refractivity contribution in [2.45, 2.75) is 37.8 Å². The van der Waals surface area contributed by atoms with Gasteiger partial charge in [-0.3, -0.25) is 4.99 Å². The van der Waals surface area contributed by atoms with Crippen LogP contribution in [-0.4, -0.2) is 58.1 Å². The van der Waals surface area contributed by atoms with Crippen LogP contribution in [-0.2, 0) is 21.2 Å². The van der Waals surface area contributed by atoms with Crippen molar-refractivity contribution < 1.29 is 13.2 Å². The monoisotopic (exact) mass is 390 g/mol. The fourth-order valence-corrected chi connectivity index (χ4v) is 5.17. The predicted octanol–water partition coefficient (Wildman–Crippen LogP) is 1.65. The second-order valence-corrected chi connectivity index (χ2v) is 8.64. The molecule has 0 spiro atoms. The summed E-state index contributed by atoms with van der Waals surface area (Å²) in [5.41, 5.74) is 5.80. The van der Waals surface area contributed by atoms with Gasteiger partial charge in [-0.1, -0.05) is 13.8 Å². The molecule has 0 bridgehead atoms. The molecule has 0 aromatic carbocycles. The van der Waals surface area contributed by atoms with Crippen LogP contribution in [0.15, 0.2) is 21.3 Å². The standard InChI is InChI=1S/C16H30N4O3S2/c1-4-20(5-2)25(21,22)15-9-8-14(24-15)10-12-19-16(17)18-11-7-13-23-6-3/h8-9H,4-7,10-13H2,1-3H3,(H3,17,18,19). The Bertz CT molecular complexity index is 625. The molecule has 1 rings (SSSR count). The summed E-state index contributed by atoms with van der Waals surface area (Å²) in [6.07, 6.45) is 1.54. The van der Waals surface area contributed by atoms with E-state index >= 15 is 0 Å². The second kappa shape index (κ2) is 11.5. The second-order valence-electron chi connectivity index (χ2n) is 5.30. The van der Waals surface area contributed by atoms with Gasteiger partial charge in [-0.25, -0.2) is 8.42 Å². The predicted molar refractivity (Wildman–Crippen MR) is 104 cm³/mol. The molecule has 1 heterocycles. The molecule has 0 aliphatic heterocycles. The van der Waals surface area contributed by atoms with Crippen molar-refractivity contribution in [2.24, 2.45) is 10.7 Å². The van der Waals surface area contributed by atoms with E-state index in [0.29, 0.717) is 56.0 Å². The SMILES string of the molecule is CCOCCCN=C(N)NCCc1ccc(S(=O)(=O)N(CC)CC)s1. The van der Waals surface area contributed by atoms with Crippen molar-refractivity contribution in [3.63, 3.8) is 0 Å². The zero-order chi connectivity index (χ0) is 18.7. The number of aliphatic imine (C=N–C) groups is 1. The average Bonchev–Trinajstić information content (AvgIpc) is 3.05. The Kier molecular flexibility index (Phi) is 10.0. The number of nitrogens with one attached hydrogen (secondary N) is 1. The minimum atomic E-state index is -3.37. The van der Waals surface area contributed by atoms with E-state index < -0.39 is 10.0 Å². The summed E-state index contributed by atoms with van der Waals surface area (Å²) < 4.78 is 32.0. The number of hydrogen-bond acceptors (Lipinski definition) is 5. The van der Waals surface area contributed by atoms with Crippen molar-refractivity contribution in [2.75, 3.05) is 39.4 Å². The van der Waals surface area contributed by atoms with Crippen LogP contribution in [0.4, 0.5) is 0 Å². The van der Waals surface area contributed by atoms with Gasteiger partial charge >= 0.3 is 0 Å². The number of hydrogen-bond donors (Lipinski definition) is 2. The first-order valence-corrected chi connectivity index (χ1v) is 10.9. The molecule has 7 nitrogen and oxygen atoms in total. The Morgan fingerprint density at radius 2 is 2.04 bits per heavy atom. The first-order valence-electron chi connectivity index (χ1n) is 8.66. The maximum absolute atomic E-state index is 12.5. The van der Waals surface area contributed by atoms with E-state index in [-0.39, 0.29) is 0 Å². The number of nitrogens with two attached hydrogens (primary N) is 1. The lowest BCUT2D eigenvalue weighted by molar-refractivity contribution is 0.146. The minimum Gasteiger partial charge on any atom is -0.382 e. The Hall–Kier alpha value is -1.16. The molecule has 1 aromatic heterocycles. The molecule has 25 heavy (non-hydrogen) atoms. The molecule has 1 aromatic rings. The molecule has 0 fully saturated rings. The summed E-state index contributed by atoms with van der Waals surface area (Å²) in [7, 11) is -3.37. The van der Waals surface area contributed by atoms with E-state index in [9.17, 15) is 8.42 Å². The molecule has 0 aliphatic carbocycles. The molecule has 0 radical (unpaired) electrons. The quantitative estimate of drug-likeness (QED) is 0.321. The smallest absolute Gasteiger partial charge is 0.252 e. The molecule has 0 atom stereocenters. The van der Waals surface area contributed by atoms with Crippen LogP contribution in [0.3, 0.4) is 0 Å². The van der Waals surface area contributed by atoms with Crippen molar-refractivity contribution in [3.05, 3.63) is 17.0 Å². The molecular weight excluding hydrogens is 360 g/mol. The van der Waals surface area contributed by atoms with Crippen molar-refractivity contribution in [3.8, 4) is 0 Å². The van der Waals surface area contributed by atoms with Crippen LogP contribution >= 0.6 is 11.3 Å². The van der Waals surface area contributed by atoms with Crippen LogP contribution in [0, 0.1) is 0 Å². The maximum Gasteiger partial charge on any atom is 0.252 e. The van der Waals surface area contributed by atoms with Gasteiger partial charge in [0.25, 0.3) is 10.0 Å². The molecule has 0 amide bonds. The zero-order valence-corrected chi connectivity index (χ0v) is 17.0. The number of rotatable bonds is 12. The fraction of sp³-hybridized carbons (Fsp3) is 0.688. The van der Waals surface area contributed by atoms with Crippen molar-refractivity contribution in [1.29, 1.82) is 0 Å². The van der Waals surface area contributed by atoms with Crippen LogP contribution < -0.4 is 11.1 Å². The fourth-order valence-electron chi connectivity index (χ4n) is 2.20. The lowest BCUT2D eigenvalue weighted by Gasteiger charge is -2.16. The number of sulfonamides is 1. The molecule has 0 unspecified atom stereocenters. The summed E-state index contributed by atoms with van der Waals surface area (Å²) in [5, 5.41) is 3.05. The molecule has 0 saturated carbocycles. The van der Waals surface area contributed by atoms with Gasteiger partial charge in [-0.05, 0) is 31.9 Å². The third-order valence-electron chi connectivity index (χ3n) is 3.55. The highest BCUT2D eigenvalue weighted by Gasteiger charge is 2.23. The van der Waals surface area contributed by atoms with E-state index in [0.717, 1.165) is 11.3 Å². The first-order chi connectivity index (χ1) is 12.0. The highest BCUT2D eigenvalue weighted by molar-refractivity contribution is 7.91. The molecule has 0 saturated heterocycles. The van der Waals surface area contributed by atoms with E-state index in [1.807, 2.05) is 26.8 Å². The summed E-state index contributed by atoms with van der Waals surface area (Å²) in [6, 6.07) is 3.54. The Balaban J connectivity index is 2.45. The first kappa shape index (κ1) is 21.9. The van der Waals surface area contributed by atoms with Gasteiger partial charge in [-0.15, -0.1) is 11.3 Å². The van der Waals surface area contributed by atoms with Gasteiger partial charge in [0.1, 0.15) is 4.21 Å². The largest absolute Gasteiger partial charge is 0.382 e. The van der Waals surface area contributed by atoms with Crippen LogP contribution in [0.1, 0.15) is 32.1 Å². The number of thiophene rings is 1. The van der Waals surface area contributed by atoms with Crippen LogP contribution in [0.25, 0.3) is 0 Å². The van der Waals surface area contributed by atoms with Gasteiger partial charge in [-0.2, -0.15) is 4.31 Å². The number of guanidine groups is 1. The normalized spacial score (nSPS) is 12.7. The number of nitrogens with zero attached hydrogens (tertiary/aromatic N) is 2. The Labute approximate surface area is 155 Å². The topological polar surface area (TPSA) is 97.0 Å². The van der Waals surface area contributed by atoms with Crippen molar-refractivity contribution in [1.82, 2.24) is 9.62 Å². The summed E-state index contributed by atoms with van der Waals surface area (Å²) in [4.78, 5) is 5.22. The van der Waals surface area contributed by atoms with E-state index in [1.165, 1.54) is 15.6 Å². The van der Waals surface area contributed by atoms with Gasteiger partial charge in [0.15, 0.2) is 5.96 Å². The van der Waals surface area contributed by atoms with Crippen LogP contribution in [0.5, 0.6) is 0 Å². The zero-order valence-electron chi connectivity index (χ0n) is 15.3. The molecule has 144 valence electrons. The van der Waals surface area contributed by atoms with Crippen LogP contribution in [0.2, 0.25) is 0 Å². The van der Waals surface area contributed by atoms with E-state index in [1.54, 1.807) is 6.07 Å². The van der Waals surface area contributed by atoms with E-state index in [4.69, 9.17) is 10.5 Å². The lowest BCUT2D eigenvalue weighted by Crippen LogP contribution is -2.33. The highest BCUT2D eigenvalue weighted by atomic mass is 32.2. The highest BCUT2D eigenvalue weighted by Crippen LogP contribution is 2.25. The maximum atomic E-state index is 12.5. The minimum absolute atomic E-state index is 0.392. The Morgan fingerprint density at radius 3 is 2.68 bits per heavy atom. The third kappa shape index (κ3) is 7.31. The van der Waals surface area contributed by atoms with E-state index in [2.05, 4.69) is 10.3 Å². The van der Waals surface area contributed by atoms with Gasteiger partial charge in [0.05, 0.1) is 0 Å². The van der Waals surface area contributed by atoms with Crippen molar-refractivity contribution >= 4 is 27.3 Å². The number of ether oxygens (including phenoxy) is 1. The average molecular weight is 391 g/mol. The molecule has 0 aliphatic rings. The summed E-state index contributed by atoms with van der Waals surface area (Å²) >= 11 is 1.31. The summed E-state index contributed by atoms with van der Waals surface area (Å²) in [5.74, 6) is 0.407. The Morgan fingerprint density at radius 1 is 1.32 bits per heavy atom. The summed E-state index contributed by atoms with van der Waals surface area (Å²) in [6.45, 7) is 9.24. The molecular formula is C16H30N4O3S2.